The van der Waals surface area contributed by atoms with E-state index >= 15 is 0 Å². The van der Waals surface area contributed by atoms with Gasteiger partial charge in [0.1, 0.15) is 11.5 Å². The number of benzene rings is 1. The molecule has 0 unspecified atom stereocenters. The normalized spacial score (nSPS) is 10.0. The Labute approximate surface area is 180 Å². The summed E-state index contributed by atoms with van der Waals surface area (Å²) in [5.41, 5.74) is 13.8. The van der Waals surface area contributed by atoms with Gasteiger partial charge >= 0.3 is 0 Å². The number of nitrogen functional groups attached to an aromatic ring is 1. The molecule has 3 aromatic rings. The summed E-state index contributed by atoms with van der Waals surface area (Å²) in [6.07, 6.45) is 2.21. The second-order valence-corrected chi connectivity index (χ2v) is 6.78. The van der Waals surface area contributed by atoms with Crippen LogP contribution in [0.4, 0.5) is 5.82 Å². The van der Waals surface area contributed by atoms with E-state index in [0.29, 0.717) is 31.0 Å². The van der Waals surface area contributed by atoms with Gasteiger partial charge in [0.15, 0.2) is 0 Å². The second-order valence-electron chi connectivity index (χ2n) is 5.83. The van der Waals surface area contributed by atoms with Crippen molar-refractivity contribution >= 4 is 47.9 Å². The van der Waals surface area contributed by atoms with E-state index in [1.807, 2.05) is 36.4 Å². The predicted octanol–water partition coefficient (Wildman–Crippen LogP) is 2.62. The highest BCUT2D eigenvalue weighted by molar-refractivity contribution is 7.09. The third-order valence-electron chi connectivity index (χ3n) is 3.83. The van der Waals surface area contributed by atoms with Crippen LogP contribution < -0.4 is 16.8 Å². The van der Waals surface area contributed by atoms with Crippen molar-refractivity contribution in [3.8, 4) is 5.69 Å². The SMILES string of the molecule is Cl.Cl.NCCc1nc(C(=O)NCCCc2cc(N)n(-c3ccccc3)n2)cs1. The van der Waals surface area contributed by atoms with Gasteiger partial charge in [-0.25, -0.2) is 9.67 Å². The smallest absolute Gasteiger partial charge is 0.270 e. The summed E-state index contributed by atoms with van der Waals surface area (Å²) < 4.78 is 1.72. The Morgan fingerprint density at radius 1 is 1.18 bits per heavy atom. The number of aromatic nitrogens is 3. The van der Waals surface area contributed by atoms with Crippen molar-refractivity contribution in [1.82, 2.24) is 20.1 Å². The number of halogens is 2. The van der Waals surface area contributed by atoms with Crippen molar-refractivity contribution < 1.29 is 4.79 Å². The van der Waals surface area contributed by atoms with E-state index in [2.05, 4.69) is 15.4 Å². The zero-order valence-corrected chi connectivity index (χ0v) is 17.7. The number of hydrogen-bond donors (Lipinski definition) is 3. The molecule has 7 nitrogen and oxygen atoms in total. The molecule has 152 valence electrons. The van der Waals surface area contributed by atoms with Crippen LogP contribution in [0.1, 0.15) is 27.6 Å². The quantitative estimate of drug-likeness (QED) is 0.464. The van der Waals surface area contributed by atoms with Crippen molar-refractivity contribution in [2.24, 2.45) is 5.73 Å². The predicted molar refractivity (Wildman–Crippen MR) is 118 cm³/mol. The molecular weight excluding hydrogens is 419 g/mol. The molecule has 2 heterocycles. The zero-order valence-electron chi connectivity index (χ0n) is 15.2. The molecule has 0 bridgehead atoms. The molecule has 0 spiro atoms. The Bertz CT molecular complexity index is 868. The van der Waals surface area contributed by atoms with Gasteiger partial charge < -0.3 is 16.8 Å². The van der Waals surface area contributed by atoms with Crippen molar-refractivity contribution in [1.29, 1.82) is 0 Å². The molecule has 0 saturated carbocycles. The number of anilines is 1. The number of rotatable bonds is 8. The first kappa shape index (κ1) is 23.9. The van der Waals surface area contributed by atoms with Crippen LogP contribution in [0.3, 0.4) is 0 Å². The first-order valence-electron chi connectivity index (χ1n) is 8.50. The minimum atomic E-state index is -0.154. The van der Waals surface area contributed by atoms with E-state index in [1.54, 1.807) is 10.1 Å². The third-order valence-corrected chi connectivity index (χ3v) is 4.73. The van der Waals surface area contributed by atoms with Gasteiger partial charge in [-0.3, -0.25) is 4.79 Å². The fourth-order valence-electron chi connectivity index (χ4n) is 2.56. The van der Waals surface area contributed by atoms with Gasteiger partial charge in [0, 0.05) is 24.4 Å². The van der Waals surface area contributed by atoms with Crippen LogP contribution in [0.15, 0.2) is 41.8 Å². The van der Waals surface area contributed by atoms with Crippen molar-refractivity contribution in [2.45, 2.75) is 19.3 Å². The summed E-state index contributed by atoms with van der Waals surface area (Å²) in [5.74, 6) is 0.448. The number of thiazole rings is 1. The van der Waals surface area contributed by atoms with Gasteiger partial charge in [-0.2, -0.15) is 5.10 Å². The van der Waals surface area contributed by atoms with Crippen LogP contribution in [-0.4, -0.2) is 33.8 Å². The Morgan fingerprint density at radius 2 is 1.93 bits per heavy atom. The summed E-state index contributed by atoms with van der Waals surface area (Å²) >= 11 is 1.46. The fraction of sp³-hybridized carbons (Fsp3) is 0.278. The van der Waals surface area contributed by atoms with Crippen LogP contribution in [0.25, 0.3) is 5.69 Å². The molecule has 3 rings (SSSR count). The highest BCUT2D eigenvalue weighted by Gasteiger charge is 2.10. The van der Waals surface area contributed by atoms with Gasteiger partial charge in [-0.05, 0) is 31.5 Å². The van der Waals surface area contributed by atoms with Crippen LogP contribution in [0.2, 0.25) is 0 Å². The monoisotopic (exact) mass is 442 g/mol. The fourth-order valence-corrected chi connectivity index (χ4v) is 3.35. The first-order valence-corrected chi connectivity index (χ1v) is 9.38. The Morgan fingerprint density at radius 3 is 2.64 bits per heavy atom. The first-order chi connectivity index (χ1) is 12.7. The molecule has 5 N–H and O–H groups in total. The highest BCUT2D eigenvalue weighted by atomic mass is 35.5. The maximum Gasteiger partial charge on any atom is 0.270 e. The number of hydrogen-bond acceptors (Lipinski definition) is 6. The molecule has 0 aliphatic heterocycles. The van der Waals surface area contributed by atoms with E-state index in [-0.39, 0.29) is 30.7 Å². The number of aryl methyl sites for hydroxylation is 1. The van der Waals surface area contributed by atoms with E-state index in [9.17, 15) is 4.79 Å². The maximum absolute atomic E-state index is 12.1. The molecule has 1 aromatic carbocycles. The molecule has 10 heteroatoms. The van der Waals surface area contributed by atoms with E-state index in [4.69, 9.17) is 11.5 Å². The summed E-state index contributed by atoms with van der Waals surface area (Å²) in [7, 11) is 0. The molecular formula is C18H24Cl2N6OS. The summed E-state index contributed by atoms with van der Waals surface area (Å²) in [6, 6.07) is 11.6. The number of amides is 1. The van der Waals surface area contributed by atoms with Crippen LogP contribution in [-0.2, 0) is 12.8 Å². The van der Waals surface area contributed by atoms with Gasteiger partial charge in [-0.1, -0.05) is 18.2 Å². The number of nitrogens with two attached hydrogens (primary N) is 2. The molecule has 0 atom stereocenters. The molecule has 2 aromatic heterocycles. The van der Waals surface area contributed by atoms with Crippen molar-refractivity contribution in [3.63, 3.8) is 0 Å². The number of nitrogens with one attached hydrogen (secondary N) is 1. The lowest BCUT2D eigenvalue weighted by molar-refractivity contribution is 0.0948. The lowest BCUT2D eigenvalue weighted by atomic mass is 10.2. The van der Waals surface area contributed by atoms with E-state index in [1.165, 1.54) is 11.3 Å². The van der Waals surface area contributed by atoms with Crippen LogP contribution in [0, 0.1) is 0 Å². The summed E-state index contributed by atoms with van der Waals surface area (Å²) in [4.78, 5) is 16.4. The Hall–Kier alpha value is -2.13. The maximum atomic E-state index is 12.1. The third kappa shape index (κ3) is 6.20. The van der Waals surface area contributed by atoms with Gasteiger partial charge in [0.2, 0.25) is 0 Å². The average molecular weight is 443 g/mol. The highest BCUT2D eigenvalue weighted by Crippen LogP contribution is 2.15. The lowest BCUT2D eigenvalue weighted by Gasteiger charge is -2.03. The van der Waals surface area contributed by atoms with Crippen LogP contribution in [0.5, 0.6) is 0 Å². The molecule has 0 aliphatic carbocycles. The standard InChI is InChI=1S/C18H22N6OS.2ClH/c19-9-8-17-22-15(12-26-17)18(25)21-10-4-5-13-11-16(20)24(23-13)14-6-2-1-3-7-14;;/h1-3,6-7,11-12H,4-5,8-10,19-20H2,(H,21,25);2*1H. The van der Waals surface area contributed by atoms with E-state index < -0.39 is 0 Å². The number of nitrogens with zero attached hydrogens (tertiary/aromatic N) is 3. The molecule has 0 saturated heterocycles. The number of carbonyl (C=O) groups is 1. The number of para-hydroxylation sites is 1. The lowest BCUT2D eigenvalue weighted by Crippen LogP contribution is -2.25. The minimum absolute atomic E-state index is 0. The molecule has 1 amide bonds. The van der Waals surface area contributed by atoms with Crippen LogP contribution >= 0.6 is 36.2 Å². The zero-order chi connectivity index (χ0) is 18.4. The summed E-state index contributed by atoms with van der Waals surface area (Å²) in [5, 5.41) is 10.1. The largest absolute Gasteiger partial charge is 0.384 e. The topological polar surface area (TPSA) is 112 Å². The molecule has 0 fully saturated rings. The van der Waals surface area contributed by atoms with Crippen molar-refractivity contribution in [3.05, 3.63) is 58.2 Å². The van der Waals surface area contributed by atoms with Gasteiger partial charge in [0.25, 0.3) is 5.91 Å². The van der Waals surface area contributed by atoms with Gasteiger partial charge in [-0.15, -0.1) is 36.2 Å². The van der Waals surface area contributed by atoms with E-state index in [0.717, 1.165) is 29.2 Å². The van der Waals surface area contributed by atoms with Gasteiger partial charge in [0.05, 0.1) is 16.4 Å². The Kier molecular flexibility index (Phi) is 9.95. The molecule has 0 aliphatic rings. The van der Waals surface area contributed by atoms with Crippen molar-refractivity contribution in [2.75, 3.05) is 18.8 Å². The Balaban J connectivity index is 0.00000196. The average Bonchev–Trinajstić information content (AvgIpc) is 3.26. The molecule has 28 heavy (non-hydrogen) atoms. The second kappa shape index (κ2) is 11.7. The minimum Gasteiger partial charge on any atom is -0.384 e. The number of carbonyl (C=O) groups excluding carboxylic acids is 1. The molecule has 0 radical (unpaired) electrons. The summed E-state index contributed by atoms with van der Waals surface area (Å²) in [6.45, 7) is 1.09.